The minimum atomic E-state index is -0.259. The molecule has 1 N–H and O–H groups in total. The third-order valence-corrected chi connectivity index (χ3v) is 3.46. The molecule has 0 aliphatic heterocycles. The number of amides is 1. The van der Waals surface area contributed by atoms with Crippen molar-refractivity contribution >= 4 is 34.0 Å². The Morgan fingerprint density at radius 1 is 1.33 bits per heavy atom. The SMILES string of the molecule is O=C(Cn1nnc(-c2ccc(Cl)cc2)n1)Nc1nccs1. The molecule has 0 saturated carbocycles. The molecule has 106 valence electrons. The van der Waals surface area contributed by atoms with Crippen LogP contribution in [-0.2, 0) is 11.3 Å². The van der Waals surface area contributed by atoms with E-state index in [9.17, 15) is 4.79 Å². The second-order valence-corrected chi connectivity index (χ2v) is 5.37. The van der Waals surface area contributed by atoms with E-state index in [4.69, 9.17) is 11.6 Å². The van der Waals surface area contributed by atoms with E-state index in [2.05, 4.69) is 25.7 Å². The van der Waals surface area contributed by atoms with Gasteiger partial charge in [0.15, 0.2) is 5.13 Å². The van der Waals surface area contributed by atoms with Gasteiger partial charge in [0.05, 0.1) is 0 Å². The standard InChI is InChI=1S/C12H9ClN6OS/c13-9-3-1-8(2-4-9)11-16-18-19(17-11)7-10(20)15-12-14-5-6-21-12/h1-6H,7H2,(H,14,15,20). The molecule has 7 nitrogen and oxygen atoms in total. The lowest BCUT2D eigenvalue weighted by atomic mass is 10.2. The average molecular weight is 321 g/mol. The van der Waals surface area contributed by atoms with Crippen molar-refractivity contribution in [2.24, 2.45) is 0 Å². The van der Waals surface area contributed by atoms with E-state index in [-0.39, 0.29) is 12.5 Å². The molecular formula is C12H9ClN6OS. The minimum Gasteiger partial charge on any atom is -0.300 e. The van der Waals surface area contributed by atoms with Crippen LogP contribution in [0.1, 0.15) is 0 Å². The number of carbonyl (C=O) groups excluding carboxylic acids is 1. The van der Waals surface area contributed by atoms with Crippen molar-refractivity contribution in [3.63, 3.8) is 0 Å². The van der Waals surface area contributed by atoms with Crippen LogP contribution in [0.15, 0.2) is 35.8 Å². The third-order valence-electron chi connectivity index (χ3n) is 2.52. The van der Waals surface area contributed by atoms with Crippen molar-refractivity contribution in [2.75, 3.05) is 5.32 Å². The van der Waals surface area contributed by atoms with E-state index in [0.29, 0.717) is 16.0 Å². The van der Waals surface area contributed by atoms with Gasteiger partial charge in [-0.05, 0) is 29.5 Å². The molecule has 0 aliphatic carbocycles. The van der Waals surface area contributed by atoms with Crippen molar-refractivity contribution in [3.05, 3.63) is 40.9 Å². The highest BCUT2D eigenvalue weighted by molar-refractivity contribution is 7.13. The van der Waals surface area contributed by atoms with Gasteiger partial charge in [0.2, 0.25) is 11.7 Å². The van der Waals surface area contributed by atoms with Crippen molar-refractivity contribution in [1.29, 1.82) is 0 Å². The number of aromatic nitrogens is 5. The number of halogens is 1. The Bertz CT molecular complexity index is 739. The van der Waals surface area contributed by atoms with Crippen LogP contribution >= 0.6 is 22.9 Å². The molecule has 0 aliphatic rings. The summed E-state index contributed by atoms with van der Waals surface area (Å²) in [5, 5.41) is 17.5. The van der Waals surface area contributed by atoms with Crippen LogP contribution in [-0.4, -0.2) is 31.1 Å². The molecule has 1 amide bonds. The highest BCUT2D eigenvalue weighted by Gasteiger charge is 2.10. The molecule has 0 fully saturated rings. The molecule has 3 aromatic rings. The van der Waals surface area contributed by atoms with Gasteiger partial charge in [-0.2, -0.15) is 4.80 Å². The largest absolute Gasteiger partial charge is 0.300 e. The van der Waals surface area contributed by atoms with E-state index in [1.165, 1.54) is 16.1 Å². The summed E-state index contributed by atoms with van der Waals surface area (Å²) in [6.45, 7) is -0.0276. The van der Waals surface area contributed by atoms with E-state index in [0.717, 1.165) is 5.56 Å². The number of anilines is 1. The second-order valence-electron chi connectivity index (χ2n) is 4.04. The topological polar surface area (TPSA) is 85.6 Å². The van der Waals surface area contributed by atoms with Gasteiger partial charge in [-0.1, -0.05) is 11.6 Å². The molecule has 0 spiro atoms. The zero-order valence-corrected chi connectivity index (χ0v) is 12.2. The number of nitrogens with zero attached hydrogens (tertiary/aromatic N) is 5. The Morgan fingerprint density at radius 2 is 2.14 bits per heavy atom. The number of hydrogen-bond donors (Lipinski definition) is 1. The number of tetrazole rings is 1. The van der Waals surface area contributed by atoms with Gasteiger partial charge in [-0.25, -0.2) is 4.98 Å². The first-order valence-electron chi connectivity index (χ1n) is 5.94. The number of benzene rings is 1. The zero-order valence-electron chi connectivity index (χ0n) is 10.6. The summed E-state index contributed by atoms with van der Waals surface area (Å²) in [5.41, 5.74) is 0.783. The monoisotopic (exact) mass is 320 g/mol. The lowest BCUT2D eigenvalue weighted by Crippen LogP contribution is -2.20. The normalized spacial score (nSPS) is 10.5. The maximum atomic E-state index is 11.8. The maximum absolute atomic E-state index is 11.8. The first-order chi connectivity index (χ1) is 10.2. The molecule has 0 atom stereocenters. The molecule has 21 heavy (non-hydrogen) atoms. The van der Waals surface area contributed by atoms with Gasteiger partial charge >= 0.3 is 0 Å². The predicted octanol–water partition coefficient (Wildman–Crippen LogP) is 2.09. The van der Waals surface area contributed by atoms with Gasteiger partial charge in [0.25, 0.3) is 0 Å². The fourth-order valence-corrected chi connectivity index (χ4v) is 2.27. The number of nitrogens with one attached hydrogen (secondary N) is 1. The van der Waals surface area contributed by atoms with Gasteiger partial charge in [0.1, 0.15) is 6.54 Å². The van der Waals surface area contributed by atoms with Crippen molar-refractivity contribution in [3.8, 4) is 11.4 Å². The smallest absolute Gasteiger partial charge is 0.249 e. The van der Waals surface area contributed by atoms with Crippen LogP contribution in [0, 0.1) is 0 Å². The van der Waals surface area contributed by atoms with Crippen molar-refractivity contribution < 1.29 is 4.79 Å². The molecule has 0 bridgehead atoms. The number of thiazole rings is 1. The quantitative estimate of drug-likeness (QED) is 0.795. The number of hydrogen-bond acceptors (Lipinski definition) is 6. The first kappa shape index (κ1) is 13.7. The highest BCUT2D eigenvalue weighted by Crippen LogP contribution is 2.17. The summed E-state index contributed by atoms with van der Waals surface area (Å²) in [6, 6.07) is 7.07. The molecule has 9 heteroatoms. The van der Waals surface area contributed by atoms with Gasteiger partial charge in [0, 0.05) is 22.2 Å². The fraction of sp³-hybridized carbons (Fsp3) is 0.0833. The molecule has 0 saturated heterocycles. The van der Waals surface area contributed by atoms with Crippen LogP contribution in [0.5, 0.6) is 0 Å². The third kappa shape index (κ3) is 3.41. The fourth-order valence-electron chi connectivity index (χ4n) is 1.60. The number of rotatable bonds is 4. The molecule has 2 aromatic heterocycles. The van der Waals surface area contributed by atoms with Crippen LogP contribution < -0.4 is 5.32 Å². The molecule has 1 aromatic carbocycles. The average Bonchev–Trinajstić information content (AvgIpc) is 3.11. The Morgan fingerprint density at radius 3 is 2.86 bits per heavy atom. The number of carbonyl (C=O) groups is 1. The van der Waals surface area contributed by atoms with Crippen molar-refractivity contribution in [2.45, 2.75) is 6.54 Å². The van der Waals surface area contributed by atoms with Crippen LogP contribution in [0.25, 0.3) is 11.4 Å². The van der Waals surface area contributed by atoms with E-state index >= 15 is 0 Å². The highest BCUT2D eigenvalue weighted by atomic mass is 35.5. The maximum Gasteiger partial charge on any atom is 0.249 e. The molecule has 3 rings (SSSR count). The summed E-state index contributed by atoms with van der Waals surface area (Å²) in [4.78, 5) is 17.0. The summed E-state index contributed by atoms with van der Waals surface area (Å²) < 4.78 is 0. The molecule has 2 heterocycles. The molecule has 0 unspecified atom stereocenters. The second kappa shape index (κ2) is 5.98. The van der Waals surface area contributed by atoms with E-state index in [1.807, 2.05) is 0 Å². The van der Waals surface area contributed by atoms with E-state index in [1.54, 1.807) is 35.8 Å². The van der Waals surface area contributed by atoms with Crippen LogP contribution in [0.2, 0.25) is 5.02 Å². The summed E-state index contributed by atoms with van der Waals surface area (Å²) in [6.07, 6.45) is 1.62. The van der Waals surface area contributed by atoms with Gasteiger partial charge in [-0.15, -0.1) is 21.5 Å². The Hall–Kier alpha value is -2.32. The van der Waals surface area contributed by atoms with Gasteiger partial charge < -0.3 is 5.32 Å². The summed E-state index contributed by atoms with van der Waals surface area (Å²) >= 11 is 7.17. The van der Waals surface area contributed by atoms with E-state index < -0.39 is 0 Å². The lowest BCUT2D eigenvalue weighted by Gasteiger charge is -1.99. The Labute approximate surface area is 128 Å². The van der Waals surface area contributed by atoms with Crippen LogP contribution in [0.3, 0.4) is 0 Å². The Kier molecular flexibility index (Phi) is 3.89. The van der Waals surface area contributed by atoms with Gasteiger partial charge in [-0.3, -0.25) is 4.79 Å². The molecule has 0 radical (unpaired) electrons. The Balaban J connectivity index is 1.67. The summed E-state index contributed by atoms with van der Waals surface area (Å²) in [7, 11) is 0. The lowest BCUT2D eigenvalue weighted by molar-refractivity contribution is -0.117. The van der Waals surface area contributed by atoms with Crippen molar-refractivity contribution in [1.82, 2.24) is 25.2 Å². The predicted molar refractivity (Wildman–Crippen MR) is 79.0 cm³/mol. The van der Waals surface area contributed by atoms with Crippen LogP contribution in [0.4, 0.5) is 5.13 Å². The first-order valence-corrected chi connectivity index (χ1v) is 7.19. The molecular weight excluding hydrogens is 312 g/mol. The zero-order chi connectivity index (χ0) is 14.7. The minimum absolute atomic E-state index is 0.0276. The summed E-state index contributed by atoms with van der Waals surface area (Å²) in [5.74, 6) is 0.179.